The summed E-state index contributed by atoms with van der Waals surface area (Å²) in [6.07, 6.45) is 14.9. The van der Waals surface area contributed by atoms with Gasteiger partial charge in [0.05, 0.1) is 6.10 Å². The molecule has 0 unspecified atom stereocenters. The average molecular weight is 397 g/mol. The van der Waals surface area contributed by atoms with E-state index in [1.807, 2.05) is 6.08 Å². The lowest BCUT2D eigenvalue weighted by atomic mass is 9.53. The number of fused-ring (bicyclic) bond motifs is 4. The minimum absolute atomic E-state index is 0.0178. The Labute approximate surface area is 177 Å². The predicted octanol–water partition coefficient (Wildman–Crippen LogP) is 6.41. The fourth-order valence-corrected chi connectivity index (χ4v) is 7.23. The van der Waals surface area contributed by atoms with E-state index in [1.54, 1.807) is 0 Å². The van der Waals surface area contributed by atoms with Crippen LogP contribution >= 0.6 is 0 Å². The summed E-state index contributed by atoms with van der Waals surface area (Å²) in [5.74, 6) is 2.58. The molecule has 2 heteroatoms. The first kappa shape index (κ1) is 21.1. The maximum absolute atomic E-state index is 13.3. The van der Waals surface area contributed by atoms with Crippen molar-refractivity contribution in [2.75, 3.05) is 0 Å². The molecule has 160 valence electrons. The molecule has 0 radical (unpaired) electrons. The number of ketones is 1. The number of aliphatic hydroxyl groups is 1. The predicted molar refractivity (Wildman–Crippen MR) is 119 cm³/mol. The summed E-state index contributed by atoms with van der Waals surface area (Å²) >= 11 is 0. The number of hydrogen-bond acceptors (Lipinski definition) is 2. The normalized spacial score (nSPS) is 41.7. The van der Waals surface area contributed by atoms with Crippen LogP contribution in [0, 0.1) is 34.5 Å². The van der Waals surface area contributed by atoms with E-state index in [0.29, 0.717) is 30.1 Å². The summed E-state index contributed by atoms with van der Waals surface area (Å²) in [5.41, 5.74) is 4.08. The van der Waals surface area contributed by atoms with Crippen LogP contribution in [0.25, 0.3) is 0 Å². The third-order valence-corrected chi connectivity index (χ3v) is 9.40. The van der Waals surface area contributed by atoms with E-state index in [1.165, 1.54) is 36.0 Å². The van der Waals surface area contributed by atoms with Gasteiger partial charge in [0.2, 0.25) is 0 Å². The van der Waals surface area contributed by atoms with Gasteiger partial charge in [0, 0.05) is 11.0 Å². The van der Waals surface area contributed by atoms with Gasteiger partial charge in [-0.1, -0.05) is 64.3 Å². The minimum Gasteiger partial charge on any atom is -0.393 e. The Morgan fingerprint density at radius 3 is 2.66 bits per heavy atom. The molecule has 0 aromatic rings. The Morgan fingerprint density at radius 1 is 1.17 bits per heavy atom. The Balaban J connectivity index is 1.64. The molecule has 0 bridgehead atoms. The monoisotopic (exact) mass is 396 g/mol. The number of aliphatic hydroxyl groups excluding tert-OH is 1. The maximum atomic E-state index is 13.3. The van der Waals surface area contributed by atoms with E-state index >= 15 is 0 Å². The van der Waals surface area contributed by atoms with Crippen LogP contribution in [0.3, 0.4) is 0 Å². The van der Waals surface area contributed by atoms with Gasteiger partial charge in [-0.25, -0.2) is 0 Å². The molecule has 29 heavy (non-hydrogen) atoms. The van der Waals surface area contributed by atoms with E-state index in [9.17, 15) is 9.90 Å². The van der Waals surface area contributed by atoms with Gasteiger partial charge in [0.25, 0.3) is 0 Å². The molecule has 2 saturated carbocycles. The Kier molecular flexibility index (Phi) is 5.47. The molecular formula is C27H40O2. The molecule has 4 aliphatic rings. The highest BCUT2D eigenvalue weighted by Crippen LogP contribution is 2.64. The standard InChI is InChI=1S/C27H40O2/c1-6-17(2)7-8-18(3)21-9-10-22-25-23(12-14-27(21,22)5)26(4)13-11-20(28)15-19(26)16-24(25)29/h7-8,16-18,20-22,28H,6,9-15H2,1-5H3/b8-7+/t17-,18-,20+,21-,22+,26+,27-/m1/s1. The molecule has 4 rings (SSSR count). The van der Waals surface area contributed by atoms with Crippen LogP contribution in [0.15, 0.2) is 34.9 Å². The summed E-state index contributed by atoms with van der Waals surface area (Å²) in [5, 5.41) is 10.2. The largest absolute Gasteiger partial charge is 0.393 e. The highest BCUT2D eigenvalue weighted by Gasteiger charge is 2.56. The van der Waals surface area contributed by atoms with E-state index in [4.69, 9.17) is 0 Å². The van der Waals surface area contributed by atoms with Crippen LogP contribution < -0.4 is 0 Å². The molecule has 0 amide bonds. The number of allylic oxidation sites excluding steroid dienone is 5. The van der Waals surface area contributed by atoms with E-state index in [0.717, 1.165) is 25.7 Å². The third-order valence-electron chi connectivity index (χ3n) is 9.40. The number of rotatable bonds is 4. The molecule has 1 N–H and O–H groups in total. The Hall–Kier alpha value is -1.15. The molecular weight excluding hydrogens is 356 g/mol. The number of carbonyl (C=O) groups is 1. The fourth-order valence-electron chi connectivity index (χ4n) is 7.23. The summed E-state index contributed by atoms with van der Waals surface area (Å²) in [7, 11) is 0. The average Bonchev–Trinajstić information content (AvgIpc) is 3.04. The maximum Gasteiger partial charge on any atom is 0.182 e. The zero-order valence-corrected chi connectivity index (χ0v) is 19.1. The quantitative estimate of drug-likeness (QED) is 0.558. The lowest BCUT2D eigenvalue weighted by Gasteiger charge is -2.51. The van der Waals surface area contributed by atoms with Crippen molar-refractivity contribution in [3.63, 3.8) is 0 Å². The molecule has 2 fully saturated rings. The molecule has 4 aliphatic carbocycles. The lowest BCUT2D eigenvalue weighted by Crippen LogP contribution is -2.44. The number of hydrogen-bond donors (Lipinski definition) is 1. The van der Waals surface area contributed by atoms with Gasteiger partial charge >= 0.3 is 0 Å². The smallest absolute Gasteiger partial charge is 0.182 e. The second-order valence-electron chi connectivity index (χ2n) is 11.0. The van der Waals surface area contributed by atoms with Gasteiger partial charge in [-0.15, -0.1) is 0 Å². The van der Waals surface area contributed by atoms with Crippen molar-refractivity contribution in [3.05, 3.63) is 34.9 Å². The fraction of sp³-hybridized carbons (Fsp3) is 0.741. The molecule has 2 nitrogen and oxygen atoms in total. The van der Waals surface area contributed by atoms with Crippen LogP contribution in [0.5, 0.6) is 0 Å². The van der Waals surface area contributed by atoms with Crippen LogP contribution in [-0.2, 0) is 4.79 Å². The van der Waals surface area contributed by atoms with Gasteiger partial charge in [-0.05, 0) is 80.1 Å². The Morgan fingerprint density at radius 2 is 1.93 bits per heavy atom. The highest BCUT2D eigenvalue weighted by molar-refractivity contribution is 6.07. The van der Waals surface area contributed by atoms with Crippen molar-refractivity contribution in [1.82, 2.24) is 0 Å². The summed E-state index contributed by atoms with van der Waals surface area (Å²) < 4.78 is 0. The Bertz CT molecular complexity index is 771. The van der Waals surface area contributed by atoms with Crippen LogP contribution in [-0.4, -0.2) is 17.0 Å². The molecule has 0 aliphatic heterocycles. The van der Waals surface area contributed by atoms with Gasteiger partial charge in [-0.3, -0.25) is 4.79 Å². The summed E-state index contributed by atoms with van der Waals surface area (Å²) in [4.78, 5) is 13.3. The van der Waals surface area contributed by atoms with Crippen molar-refractivity contribution in [2.45, 2.75) is 92.1 Å². The van der Waals surface area contributed by atoms with E-state index in [-0.39, 0.29) is 22.7 Å². The first-order valence-electron chi connectivity index (χ1n) is 12.1. The first-order valence-corrected chi connectivity index (χ1v) is 12.1. The molecule has 0 spiro atoms. The van der Waals surface area contributed by atoms with Gasteiger partial charge in [0.15, 0.2) is 5.78 Å². The molecule has 0 aromatic heterocycles. The zero-order chi connectivity index (χ0) is 21.0. The van der Waals surface area contributed by atoms with Gasteiger partial charge < -0.3 is 5.11 Å². The van der Waals surface area contributed by atoms with Crippen molar-refractivity contribution < 1.29 is 9.90 Å². The second kappa shape index (κ2) is 7.52. The number of carbonyl (C=O) groups excluding carboxylic acids is 1. The summed E-state index contributed by atoms with van der Waals surface area (Å²) in [6.45, 7) is 11.8. The lowest BCUT2D eigenvalue weighted by molar-refractivity contribution is -0.113. The summed E-state index contributed by atoms with van der Waals surface area (Å²) in [6, 6.07) is 0. The van der Waals surface area contributed by atoms with E-state index < -0.39 is 0 Å². The van der Waals surface area contributed by atoms with Gasteiger partial charge in [-0.2, -0.15) is 0 Å². The topological polar surface area (TPSA) is 37.3 Å². The van der Waals surface area contributed by atoms with Crippen molar-refractivity contribution in [2.24, 2.45) is 34.5 Å². The van der Waals surface area contributed by atoms with Crippen LogP contribution in [0.2, 0.25) is 0 Å². The highest BCUT2D eigenvalue weighted by atomic mass is 16.3. The van der Waals surface area contributed by atoms with Gasteiger partial charge in [0.1, 0.15) is 0 Å². The first-order chi connectivity index (χ1) is 13.7. The van der Waals surface area contributed by atoms with Crippen LogP contribution in [0.4, 0.5) is 0 Å². The SMILES string of the molecule is CC[C@@H](C)/C=C/[C@@H](C)[C@H]1CC[C@H]2C3=C(CC[C@]12C)[C@@]1(C)CC[C@H](O)CC1=CC3=O. The minimum atomic E-state index is -0.271. The van der Waals surface area contributed by atoms with E-state index in [2.05, 4.69) is 46.8 Å². The molecule has 7 atom stereocenters. The second-order valence-corrected chi connectivity index (χ2v) is 11.0. The third kappa shape index (κ3) is 3.30. The molecule has 0 saturated heterocycles. The molecule has 0 aromatic carbocycles. The van der Waals surface area contributed by atoms with Crippen LogP contribution in [0.1, 0.15) is 86.0 Å². The van der Waals surface area contributed by atoms with Crippen molar-refractivity contribution in [3.8, 4) is 0 Å². The van der Waals surface area contributed by atoms with Crippen molar-refractivity contribution >= 4 is 5.78 Å². The van der Waals surface area contributed by atoms with Crippen molar-refractivity contribution in [1.29, 1.82) is 0 Å². The zero-order valence-electron chi connectivity index (χ0n) is 19.1. The molecule has 0 heterocycles.